The molecule has 1 aromatic heterocycles. The number of aromatic nitrogens is 2. The summed E-state index contributed by atoms with van der Waals surface area (Å²) >= 11 is 1.13. The number of primary amides is 1. The number of nitrogens with one attached hydrogen (secondary N) is 2. The van der Waals surface area contributed by atoms with Gasteiger partial charge in [0.2, 0.25) is 17.8 Å². The van der Waals surface area contributed by atoms with Crippen molar-refractivity contribution in [3.05, 3.63) is 35.4 Å². The van der Waals surface area contributed by atoms with E-state index in [0.29, 0.717) is 0 Å². The standard InChI is InChI=1S/C18H18F3N7O2S/c1-31-16-11(8-22)14(27-17(24)28-16)26-12(5-6-13(23)29)15(30)25-10-4-2-3-9(7-10)18(19,20)21/h2-4,7,12H,5-6H2,1H3,(H2,23,29)(H,25,30)(H3,24,26,27,28)/t12-/m0/s1. The number of carbonyl (C=O) groups is 2. The number of nitriles is 1. The van der Waals surface area contributed by atoms with E-state index in [9.17, 15) is 28.0 Å². The number of alkyl halides is 3. The number of rotatable bonds is 8. The van der Waals surface area contributed by atoms with Gasteiger partial charge in [-0.15, -0.1) is 11.8 Å². The van der Waals surface area contributed by atoms with Crippen LogP contribution < -0.4 is 22.1 Å². The maximum atomic E-state index is 12.9. The molecule has 0 bridgehead atoms. The van der Waals surface area contributed by atoms with Gasteiger partial charge in [0.25, 0.3) is 0 Å². The van der Waals surface area contributed by atoms with E-state index in [4.69, 9.17) is 11.5 Å². The van der Waals surface area contributed by atoms with Crippen molar-refractivity contribution in [2.75, 3.05) is 22.6 Å². The summed E-state index contributed by atoms with van der Waals surface area (Å²) < 4.78 is 38.8. The van der Waals surface area contributed by atoms with Crippen molar-refractivity contribution in [1.82, 2.24) is 9.97 Å². The van der Waals surface area contributed by atoms with E-state index in [0.717, 1.165) is 30.0 Å². The van der Waals surface area contributed by atoms with E-state index in [1.807, 2.05) is 6.07 Å². The molecule has 0 spiro atoms. The van der Waals surface area contributed by atoms with Crippen molar-refractivity contribution in [1.29, 1.82) is 5.26 Å². The molecule has 0 saturated heterocycles. The van der Waals surface area contributed by atoms with E-state index in [1.165, 1.54) is 6.07 Å². The zero-order valence-corrected chi connectivity index (χ0v) is 17.0. The molecule has 31 heavy (non-hydrogen) atoms. The smallest absolute Gasteiger partial charge is 0.370 e. The zero-order valence-electron chi connectivity index (χ0n) is 16.2. The highest BCUT2D eigenvalue weighted by Gasteiger charge is 2.31. The van der Waals surface area contributed by atoms with Crippen molar-refractivity contribution < 1.29 is 22.8 Å². The predicted molar refractivity (Wildman–Crippen MR) is 109 cm³/mol. The summed E-state index contributed by atoms with van der Waals surface area (Å²) in [5.41, 5.74) is 9.79. The van der Waals surface area contributed by atoms with Gasteiger partial charge in [-0.3, -0.25) is 9.59 Å². The molecule has 0 aliphatic carbocycles. The molecular weight excluding hydrogens is 435 g/mol. The molecule has 2 amide bonds. The average Bonchev–Trinajstić information content (AvgIpc) is 2.69. The maximum absolute atomic E-state index is 12.9. The van der Waals surface area contributed by atoms with E-state index in [2.05, 4.69) is 20.6 Å². The Balaban J connectivity index is 2.33. The summed E-state index contributed by atoms with van der Waals surface area (Å²) in [4.78, 5) is 31.8. The molecule has 9 nitrogen and oxygen atoms in total. The number of anilines is 3. The lowest BCUT2D eigenvalue weighted by Crippen LogP contribution is -2.36. The summed E-state index contributed by atoms with van der Waals surface area (Å²) in [6.45, 7) is 0. The van der Waals surface area contributed by atoms with Gasteiger partial charge in [0, 0.05) is 12.1 Å². The molecule has 0 aliphatic heterocycles. The number of nitrogen functional groups attached to an aromatic ring is 1. The molecule has 0 radical (unpaired) electrons. The number of hydrogen-bond donors (Lipinski definition) is 4. The Morgan fingerprint density at radius 3 is 2.61 bits per heavy atom. The lowest BCUT2D eigenvalue weighted by Gasteiger charge is -2.20. The Morgan fingerprint density at radius 2 is 2.03 bits per heavy atom. The Labute approximate surface area is 179 Å². The van der Waals surface area contributed by atoms with E-state index < -0.39 is 29.6 Å². The fourth-order valence-corrected chi connectivity index (χ4v) is 3.06. The average molecular weight is 453 g/mol. The first-order valence-electron chi connectivity index (χ1n) is 8.69. The third kappa shape index (κ3) is 6.48. The summed E-state index contributed by atoms with van der Waals surface area (Å²) in [5, 5.41) is 14.8. The number of nitrogens with two attached hydrogens (primary N) is 2. The molecule has 1 atom stereocenters. The van der Waals surface area contributed by atoms with Crippen LogP contribution in [0.5, 0.6) is 0 Å². The zero-order chi connectivity index (χ0) is 23.2. The van der Waals surface area contributed by atoms with Crippen LogP contribution in [0.4, 0.5) is 30.6 Å². The second kappa shape index (κ2) is 9.98. The molecule has 1 heterocycles. The van der Waals surface area contributed by atoms with Gasteiger partial charge >= 0.3 is 6.18 Å². The Morgan fingerprint density at radius 1 is 1.32 bits per heavy atom. The van der Waals surface area contributed by atoms with Crippen LogP contribution in [0.2, 0.25) is 0 Å². The van der Waals surface area contributed by atoms with Gasteiger partial charge in [0.15, 0.2) is 5.82 Å². The second-order valence-corrected chi connectivity index (χ2v) is 6.99. The monoisotopic (exact) mass is 453 g/mol. The number of halogens is 3. The van der Waals surface area contributed by atoms with E-state index >= 15 is 0 Å². The van der Waals surface area contributed by atoms with Gasteiger partial charge in [-0.1, -0.05) is 6.07 Å². The van der Waals surface area contributed by atoms with Gasteiger partial charge in [0.1, 0.15) is 22.7 Å². The van der Waals surface area contributed by atoms with Crippen LogP contribution in [0.3, 0.4) is 0 Å². The first kappa shape index (κ1) is 23.7. The second-order valence-electron chi connectivity index (χ2n) is 6.20. The van der Waals surface area contributed by atoms with Gasteiger partial charge in [-0.25, -0.2) is 4.98 Å². The van der Waals surface area contributed by atoms with Crippen LogP contribution in [0.25, 0.3) is 0 Å². The molecule has 2 rings (SSSR count). The summed E-state index contributed by atoms with van der Waals surface area (Å²) in [6, 6.07) is 4.83. The largest absolute Gasteiger partial charge is 0.416 e. The number of benzene rings is 1. The third-order valence-corrected chi connectivity index (χ3v) is 4.64. The molecule has 0 unspecified atom stereocenters. The summed E-state index contributed by atoms with van der Waals surface area (Å²) in [5.74, 6) is -1.65. The van der Waals surface area contributed by atoms with Gasteiger partial charge < -0.3 is 22.1 Å². The van der Waals surface area contributed by atoms with Crippen LogP contribution in [0.15, 0.2) is 29.3 Å². The highest BCUT2D eigenvalue weighted by Crippen LogP contribution is 2.31. The number of hydrogen-bond acceptors (Lipinski definition) is 8. The van der Waals surface area contributed by atoms with Gasteiger partial charge in [0.05, 0.1) is 5.56 Å². The third-order valence-electron chi connectivity index (χ3n) is 3.96. The highest BCUT2D eigenvalue weighted by molar-refractivity contribution is 7.98. The van der Waals surface area contributed by atoms with Crippen LogP contribution in [-0.2, 0) is 15.8 Å². The SMILES string of the molecule is CSc1nc(N)nc(N[C@@H](CCC(N)=O)C(=O)Nc2cccc(C(F)(F)F)c2)c1C#N. The lowest BCUT2D eigenvalue weighted by molar-refractivity contribution is -0.137. The molecule has 2 aromatic rings. The van der Waals surface area contributed by atoms with Gasteiger partial charge in [-0.2, -0.15) is 23.4 Å². The number of carbonyl (C=O) groups excluding carboxylic acids is 2. The predicted octanol–water partition coefficient (Wildman–Crippen LogP) is 2.36. The topological polar surface area (TPSA) is 160 Å². The molecule has 1 aromatic carbocycles. The van der Waals surface area contributed by atoms with Crippen molar-refractivity contribution >= 4 is 41.0 Å². The summed E-state index contributed by atoms with van der Waals surface area (Å²) in [6.07, 6.45) is -3.23. The lowest BCUT2D eigenvalue weighted by atomic mass is 10.1. The van der Waals surface area contributed by atoms with Crippen molar-refractivity contribution in [2.45, 2.75) is 30.1 Å². The minimum atomic E-state index is -4.58. The van der Waals surface area contributed by atoms with Crippen LogP contribution >= 0.6 is 11.8 Å². The number of thioether (sulfide) groups is 1. The molecule has 0 fully saturated rings. The molecule has 13 heteroatoms. The molecule has 0 saturated carbocycles. The molecule has 6 N–H and O–H groups in total. The minimum Gasteiger partial charge on any atom is -0.370 e. The normalized spacial score (nSPS) is 12.0. The Hall–Kier alpha value is -3.53. The molecule has 164 valence electrons. The van der Waals surface area contributed by atoms with Crippen LogP contribution in [0, 0.1) is 11.3 Å². The fourth-order valence-electron chi connectivity index (χ4n) is 2.53. The fraction of sp³-hybridized carbons (Fsp3) is 0.278. The quantitative estimate of drug-likeness (QED) is 0.350. The Kier molecular flexibility index (Phi) is 7.65. The van der Waals surface area contributed by atoms with Crippen molar-refractivity contribution in [3.63, 3.8) is 0 Å². The highest BCUT2D eigenvalue weighted by atomic mass is 32.2. The van der Waals surface area contributed by atoms with Crippen LogP contribution in [-0.4, -0.2) is 34.1 Å². The van der Waals surface area contributed by atoms with Gasteiger partial charge in [-0.05, 0) is 30.9 Å². The van der Waals surface area contributed by atoms with Crippen molar-refractivity contribution in [2.24, 2.45) is 5.73 Å². The minimum absolute atomic E-state index is 0.0256. The van der Waals surface area contributed by atoms with Crippen LogP contribution in [0.1, 0.15) is 24.0 Å². The van der Waals surface area contributed by atoms with Crippen molar-refractivity contribution in [3.8, 4) is 6.07 Å². The number of nitrogens with zero attached hydrogens (tertiary/aromatic N) is 3. The maximum Gasteiger partial charge on any atom is 0.416 e. The molecular formula is C18H18F3N7O2S. The first-order chi connectivity index (χ1) is 14.5. The number of amides is 2. The van der Waals surface area contributed by atoms with E-state index in [1.54, 1.807) is 6.26 Å². The van der Waals surface area contributed by atoms with E-state index in [-0.39, 0.29) is 40.9 Å². The Bertz CT molecular complexity index is 1020. The molecule has 0 aliphatic rings. The summed E-state index contributed by atoms with van der Waals surface area (Å²) in [7, 11) is 0. The first-order valence-corrected chi connectivity index (χ1v) is 9.92.